The molecule has 1 heterocycles. The number of aryl methyl sites for hydroxylation is 1. The molecule has 0 atom stereocenters. The topological polar surface area (TPSA) is 106 Å². The normalized spacial score (nSPS) is 10.2. The minimum atomic E-state index is -0.582. The molecule has 0 saturated heterocycles. The molecule has 126 valence electrons. The number of hydrogen-bond acceptors (Lipinski definition) is 5. The number of rotatable bonds is 6. The summed E-state index contributed by atoms with van der Waals surface area (Å²) in [6, 6.07) is 8.90. The third kappa shape index (κ3) is 4.42. The fourth-order valence-corrected chi connectivity index (χ4v) is 2.05. The maximum absolute atomic E-state index is 12.0. The molecular formula is C16H17N3O5. The lowest BCUT2D eigenvalue weighted by atomic mass is 10.2. The highest BCUT2D eigenvalue weighted by atomic mass is 16.6. The van der Waals surface area contributed by atoms with Crippen molar-refractivity contribution in [3.05, 3.63) is 63.6 Å². The molecule has 0 saturated carbocycles. The number of amides is 2. The summed E-state index contributed by atoms with van der Waals surface area (Å²) < 4.78 is 5.39. The van der Waals surface area contributed by atoms with Crippen LogP contribution in [-0.2, 0) is 11.3 Å². The summed E-state index contributed by atoms with van der Waals surface area (Å²) >= 11 is 0. The van der Waals surface area contributed by atoms with Crippen molar-refractivity contribution in [3.63, 3.8) is 0 Å². The van der Waals surface area contributed by atoms with E-state index in [0.717, 1.165) is 11.8 Å². The van der Waals surface area contributed by atoms with Crippen molar-refractivity contribution >= 4 is 17.5 Å². The number of hydrogen-bond donors (Lipinski definition) is 1. The average Bonchev–Trinajstić information content (AvgIpc) is 2.97. The molecule has 0 unspecified atom stereocenters. The van der Waals surface area contributed by atoms with Crippen molar-refractivity contribution in [2.75, 3.05) is 13.6 Å². The molecular weight excluding hydrogens is 314 g/mol. The maximum atomic E-state index is 12.0. The van der Waals surface area contributed by atoms with Crippen molar-refractivity contribution in [2.45, 2.75) is 13.5 Å². The molecule has 1 aromatic carbocycles. The van der Waals surface area contributed by atoms with Crippen molar-refractivity contribution in [3.8, 4) is 0 Å². The smallest absolute Gasteiger partial charge is 0.270 e. The van der Waals surface area contributed by atoms with Crippen LogP contribution in [0, 0.1) is 17.0 Å². The molecule has 2 aromatic rings. The predicted octanol–water partition coefficient (Wildman–Crippen LogP) is 1.88. The van der Waals surface area contributed by atoms with E-state index in [1.54, 1.807) is 19.2 Å². The number of non-ortho nitro benzene ring substituents is 1. The quantitative estimate of drug-likeness (QED) is 0.642. The first-order valence-corrected chi connectivity index (χ1v) is 7.19. The molecule has 1 aromatic heterocycles. The van der Waals surface area contributed by atoms with Crippen LogP contribution in [0.2, 0.25) is 0 Å². The number of nitrogens with zero attached hydrogens (tertiary/aromatic N) is 2. The van der Waals surface area contributed by atoms with Gasteiger partial charge in [-0.15, -0.1) is 0 Å². The molecule has 24 heavy (non-hydrogen) atoms. The van der Waals surface area contributed by atoms with Gasteiger partial charge in [0, 0.05) is 24.7 Å². The van der Waals surface area contributed by atoms with Gasteiger partial charge in [0.05, 0.1) is 18.0 Å². The minimum Gasteiger partial charge on any atom is -0.464 e. The molecule has 0 spiro atoms. The summed E-state index contributed by atoms with van der Waals surface area (Å²) in [6.07, 6.45) is 0. The number of nitrogens with one attached hydrogen (secondary N) is 1. The molecule has 0 bridgehead atoms. The standard InChI is InChI=1S/C16H17N3O5/c1-11-6-7-14(24-11)10-18(2)15(20)9-17-16(21)12-4-3-5-13(8-12)19(22)23/h3-8H,9-10H2,1-2H3,(H,17,21). The van der Waals surface area contributed by atoms with E-state index in [9.17, 15) is 19.7 Å². The van der Waals surface area contributed by atoms with E-state index < -0.39 is 10.8 Å². The molecule has 8 heteroatoms. The van der Waals surface area contributed by atoms with E-state index in [0.29, 0.717) is 12.3 Å². The number of carbonyl (C=O) groups is 2. The lowest BCUT2D eigenvalue weighted by Gasteiger charge is -2.16. The first-order chi connectivity index (χ1) is 11.4. The fourth-order valence-electron chi connectivity index (χ4n) is 2.05. The van der Waals surface area contributed by atoms with Crippen LogP contribution in [0.15, 0.2) is 40.8 Å². The number of nitro benzene ring substituents is 1. The van der Waals surface area contributed by atoms with E-state index in [1.807, 2.05) is 6.92 Å². The number of carbonyl (C=O) groups excluding carboxylic acids is 2. The molecule has 2 rings (SSSR count). The largest absolute Gasteiger partial charge is 0.464 e. The summed E-state index contributed by atoms with van der Waals surface area (Å²) in [5, 5.41) is 13.2. The van der Waals surface area contributed by atoms with Gasteiger partial charge >= 0.3 is 0 Å². The van der Waals surface area contributed by atoms with Gasteiger partial charge in [-0.25, -0.2) is 0 Å². The number of furan rings is 1. The second kappa shape index (κ2) is 7.40. The summed E-state index contributed by atoms with van der Waals surface area (Å²) in [7, 11) is 1.60. The molecule has 0 aliphatic carbocycles. The summed E-state index contributed by atoms with van der Waals surface area (Å²) in [4.78, 5) is 35.6. The lowest BCUT2D eigenvalue weighted by Crippen LogP contribution is -2.37. The first-order valence-electron chi connectivity index (χ1n) is 7.19. The SMILES string of the molecule is Cc1ccc(CN(C)C(=O)CNC(=O)c2cccc([N+](=O)[O-])c2)o1. The van der Waals surface area contributed by atoms with Gasteiger partial charge in [0.1, 0.15) is 11.5 Å². The second-order valence-corrected chi connectivity index (χ2v) is 5.25. The van der Waals surface area contributed by atoms with Crippen LogP contribution in [0.5, 0.6) is 0 Å². The number of benzene rings is 1. The summed E-state index contributed by atoms with van der Waals surface area (Å²) in [6.45, 7) is 1.89. The van der Waals surface area contributed by atoms with Gasteiger partial charge in [0.15, 0.2) is 0 Å². The zero-order valence-corrected chi connectivity index (χ0v) is 13.3. The maximum Gasteiger partial charge on any atom is 0.270 e. The molecule has 0 aliphatic heterocycles. The summed E-state index contributed by atoms with van der Waals surface area (Å²) in [5.41, 5.74) is -0.0550. The van der Waals surface area contributed by atoms with Crippen LogP contribution >= 0.6 is 0 Å². The summed E-state index contributed by atoms with van der Waals surface area (Å²) in [5.74, 6) is 0.551. The van der Waals surface area contributed by atoms with Gasteiger partial charge in [-0.2, -0.15) is 0 Å². The van der Waals surface area contributed by atoms with Gasteiger partial charge in [-0.05, 0) is 25.1 Å². The Morgan fingerprint density at radius 1 is 1.29 bits per heavy atom. The van der Waals surface area contributed by atoms with Gasteiger partial charge in [-0.3, -0.25) is 19.7 Å². The molecule has 2 amide bonds. The number of nitro groups is 1. The van der Waals surface area contributed by atoms with Crippen molar-refractivity contribution in [1.29, 1.82) is 0 Å². The van der Waals surface area contributed by atoms with Gasteiger partial charge < -0.3 is 14.6 Å². The average molecular weight is 331 g/mol. The van der Waals surface area contributed by atoms with Crippen LogP contribution in [0.3, 0.4) is 0 Å². The highest BCUT2D eigenvalue weighted by Gasteiger charge is 2.15. The molecule has 8 nitrogen and oxygen atoms in total. The Morgan fingerprint density at radius 2 is 2.04 bits per heavy atom. The number of likely N-dealkylation sites (N-methyl/N-ethyl adjacent to an activating group) is 1. The fraction of sp³-hybridized carbons (Fsp3) is 0.250. The lowest BCUT2D eigenvalue weighted by molar-refractivity contribution is -0.384. The Labute approximate surface area is 138 Å². The minimum absolute atomic E-state index is 0.126. The molecule has 0 aliphatic rings. The zero-order chi connectivity index (χ0) is 17.7. The monoisotopic (exact) mass is 331 g/mol. The predicted molar refractivity (Wildman–Crippen MR) is 85.3 cm³/mol. The van der Waals surface area contributed by atoms with Crippen LogP contribution in [0.25, 0.3) is 0 Å². The molecule has 0 radical (unpaired) electrons. The van der Waals surface area contributed by atoms with Crippen LogP contribution < -0.4 is 5.32 Å². The third-order valence-corrected chi connectivity index (χ3v) is 3.33. The Hall–Kier alpha value is -3.16. The van der Waals surface area contributed by atoms with Crippen molar-refractivity contribution in [1.82, 2.24) is 10.2 Å². The Kier molecular flexibility index (Phi) is 5.31. The van der Waals surface area contributed by atoms with E-state index in [1.165, 1.54) is 23.1 Å². The van der Waals surface area contributed by atoms with Crippen LogP contribution in [-0.4, -0.2) is 35.2 Å². The Bertz CT molecular complexity index is 769. The Balaban J connectivity index is 1.89. The van der Waals surface area contributed by atoms with Crippen LogP contribution in [0.1, 0.15) is 21.9 Å². The zero-order valence-electron chi connectivity index (χ0n) is 13.3. The van der Waals surface area contributed by atoms with E-state index in [-0.39, 0.29) is 23.7 Å². The van der Waals surface area contributed by atoms with Gasteiger partial charge in [0.2, 0.25) is 5.91 Å². The second-order valence-electron chi connectivity index (χ2n) is 5.25. The van der Waals surface area contributed by atoms with Gasteiger partial charge in [0.25, 0.3) is 11.6 Å². The Morgan fingerprint density at radius 3 is 2.67 bits per heavy atom. The third-order valence-electron chi connectivity index (χ3n) is 3.33. The van der Waals surface area contributed by atoms with E-state index >= 15 is 0 Å². The first kappa shape index (κ1) is 17.2. The molecule has 1 N–H and O–H groups in total. The highest BCUT2D eigenvalue weighted by molar-refractivity contribution is 5.96. The van der Waals surface area contributed by atoms with Crippen LogP contribution in [0.4, 0.5) is 5.69 Å². The van der Waals surface area contributed by atoms with Gasteiger partial charge in [-0.1, -0.05) is 6.07 Å². The molecule has 0 fully saturated rings. The van der Waals surface area contributed by atoms with E-state index in [4.69, 9.17) is 4.42 Å². The highest BCUT2D eigenvalue weighted by Crippen LogP contribution is 2.13. The van der Waals surface area contributed by atoms with Crippen molar-refractivity contribution in [2.24, 2.45) is 0 Å². The van der Waals surface area contributed by atoms with E-state index in [2.05, 4.69) is 5.32 Å². The van der Waals surface area contributed by atoms with Crippen molar-refractivity contribution < 1.29 is 18.9 Å².